The second-order valence-electron chi connectivity index (χ2n) is 9.17. The van der Waals surface area contributed by atoms with Crippen molar-refractivity contribution >= 4 is 23.5 Å². The third kappa shape index (κ3) is 6.29. The molecule has 0 aliphatic carbocycles. The van der Waals surface area contributed by atoms with Gasteiger partial charge < -0.3 is 14.7 Å². The van der Waals surface area contributed by atoms with Crippen LogP contribution in [0, 0.1) is 6.92 Å². The Bertz CT molecular complexity index is 1160. The zero-order valence-electron chi connectivity index (χ0n) is 20.3. The molecule has 0 spiro atoms. The Kier molecular flexibility index (Phi) is 7.88. The Hall–Kier alpha value is -3.16. The van der Waals surface area contributed by atoms with Gasteiger partial charge in [0.15, 0.2) is 0 Å². The van der Waals surface area contributed by atoms with E-state index in [-0.39, 0.29) is 18.5 Å². The number of carboxylic acids is 1. The van der Waals surface area contributed by atoms with E-state index in [0.29, 0.717) is 22.9 Å². The molecule has 2 aromatic carbocycles. The van der Waals surface area contributed by atoms with Gasteiger partial charge in [0.1, 0.15) is 12.4 Å². The highest BCUT2D eigenvalue weighted by atomic mass is 35.5. The summed E-state index contributed by atoms with van der Waals surface area (Å²) in [6.07, 6.45) is 3.74. The topological polar surface area (TPSA) is 78.8 Å². The molecule has 1 saturated heterocycles. The van der Waals surface area contributed by atoms with Crippen molar-refractivity contribution in [1.29, 1.82) is 0 Å². The first-order valence-corrected chi connectivity index (χ1v) is 12.2. The number of rotatable bonds is 8. The maximum absolute atomic E-state index is 11.0. The zero-order valence-corrected chi connectivity index (χ0v) is 21.1. The lowest BCUT2D eigenvalue weighted by Crippen LogP contribution is -2.58. The minimum absolute atomic E-state index is 0.0579. The van der Waals surface area contributed by atoms with Crippen molar-refractivity contribution in [2.45, 2.75) is 39.3 Å². The van der Waals surface area contributed by atoms with Gasteiger partial charge in [-0.2, -0.15) is 0 Å². The van der Waals surface area contributed by atoms with E-state index in [1.807, 2.05) is 18.5 Å². The highest BCUT2D eigenvalue weighted by Crippen LogP contribution is 2.27. The second-order valence-corrected chi connectivity index (χ2v) is 9.57. The predicted octanol–water partition coefficient (Wildman–Crippen LogP) is 4.71. The lowest BCUT2D eigenvalue weighted by atomic mass is 10.1. The number of piperazine rings is 1. The molecule has 1 aliphatic rings. The number of anilines is 1. The summed E-state index contributed by atoms with van der Waals surface area (Å²) in [5.74, 6) is 0.386. The van der Waals surface area contributed by atoms with Crippen LogP contribution in [0.25, 0.3) is 11.1 Å². The molecular formula is C27H31ClN4O3. The molecule has 184 valence electrons. The van der Waals surface area contributed by atoms with E-state index < -0.39 is 5.97 Å². The maximum atomic E-state index is 11.0. The average Bonchev–Trinajstić information content (AvgIpc) is 2.82. The smallest absolute Gasteiger partial charge is 0.307 e. The lowest BCUT2D eigenvalue weighted by molar-refractivity contribution is -0.136. The molecule has 1 aliphatic heterocycles. The third-order valence-electron chi connectivity index (χ3n) is 6.33. The molecule has 8 heteroatoms. The number of aliphatic carboxylic acids is 1. The fraction of sp³-hybridized carbons (Fsp3) is 0.370. The van der Waals surface area contributed by atoms with E-state index in [4.69, 9.17) is 21.4 Å². The number of halogens is 1. The summed E-state index contributed by atoms with van der Waals surface area (Å²) in [4.78, 5) is 24.9. The van der Waals surface area contributed by atoms with Crippen LogP contribution in [0.1, 0.15) is 25.0 Å². The molecule has 4 rings (SSSR count). The number of aryl methyl sites for hydroxylation is 1. The van der Waals surface area contributed by atoms with Gasteiger partial charge in [-0.15, -0.1) is 0 Å². The van der Waals surface area contributed by atoms with Gasteiger partial charge in [0.25, 0.3) is 0 Å². The largest absolute Gasteiger partial charge is 0.491 e. The molecule has 0 amide bonds. The predicted molar refractivity (Wildman–Crippen MR) is 138 cm³/mol. The summed E-state index contributed by atoms with van der Waals surface area (Å²) in [5.41, 5.74) is 4.02. The first-order valence-electron chi connectivity index (χ1n) is 11.8. The Balaban J connectivity index is 1.34. The molecule has 7 nitrogen and oxygen atoms in total. The van der Waals surface area contributed by atoms with Gasteiger partial charge in [0, 0.05) is 49.7 Å². The van der Waals surface area contributed by atoms with Crippen LogP contribution in [0.15, 0.2) is 54.9 Å². The molecule has 3 aromatic rings. The van der Waals surface area contributed by atoms with E-state index in [1.54, 1.807) is 18.2 Å². The second kappa shape index (κ2) is 11.1. The average molecular weight is 495 g/mol. The van der Waals surface area contributed by atoms with E-state index in [9.17, 15) is 4.79 Å². The van der Waals surface area contributed by atoms with Gasteiger partial charge >= 0.3 is 5.97 Å². The van der Waals surface area contributed by atoms with Crippen molar-refractivity contribution in [2.75, 3.05) is 31.1 Å². The summed E-state index contributed by atoms with van der Waals surface area (Å²) in [6, 6.07) is 14.0. The Labute approximate surface area is 211 Å². The van der Waals surface area contributed by atoms with Crippen LogP contribution >= 0.6 is 11.6 Å². The molecular weight excluding hydrogens is 464 g/mol. The van der Waals surface area contributed by atoms with Crippen LogP contribution in [-0.2, 0) is 11.2 Å². The van der Waals surface area contributed by atoms with Gasteiger partial charge in [0.2, 0.25) is 5.95 Å². The Morgan fingerprint density at radius 3 is 2.46 bits per heavy atom. The highest BCUT2D eigenvalue weighted by Gasteiger charge is 2.30. The van der Waals surface area contributed by atoms with E-state index in [1.165, 1.54) is 5.56 Å². The van der Waals surface area contributed by atoms with Crippen LogP contribution in [0.4, 0.5) is 5.95 Å². The minimum atomic E-state index is -0.882. The SMILES string of the molecule is Cc1cccc(-c2cnc(N3C[C@@H](C)N(CCOc4cc(CC(=O)O)ccc4Cl)[C@@H](C)C3)nc2)c1. The molecule has 0 unspecified atom stereocenters. The molecule has 2 atom stereocenters. The summed E-state index contributed by atoms with van der Waals surface area (Å²) >= 11 is 6.25. The normalized spacial score (nSPS) is 18.5. The van der Waals surface area contributed by atoms with Crippen LogP contribution in [0.3, 0.4) is 0 Å². The number of aromatic nitrogens is 2. The van der Waals surface area contributed by atoms with Crippen molar-refractivity contribution in [3.63, 3.8) is 0 Å². The number of benzene rings is 2. The molecule has 2 heterocycles. The van der Waals surface area contributed by atoms with Gasteiger partial charge in [-0.3, -0.25) is 9.69 Å². The fourth-order valence-corrected chi connectivity index (χ4v) is 4.79. The van der Waals surface area contributed by atoms with Gasteiger partial charge in [-0.25, -0.2) is 9.97 Å². The first-order chi connectivity index (χ1) is 16.8. The van der Waals surface area contributed by atoms with Crippen molar-refractivity contribution in [3.8, 4) is 16.9 Å². The van der Waals surface area contributed by atoms with Crippen molar-refractivity contribution in [2.24, 2.45) is 0 Å². The number of carboxylic acid groups (broad SMARTS) is 1. The zero-order chi connectivity index (χ0) is 24.9. The number of hydrogen-bond donors (Lipinski definition) is 1. The fourth-order valence-electron chi connectivity index (χ4n) is 4.62. The van der Waals surface area contributed by atoms with Crippen molar-refractivity contribution in [3.05, 3.63) is 71.0 Å². The number of nitrogens with zero attached hydrogens (tertiary/aromatic N) is 4. The van der Waals surface area contributed by atoms with Crippen molar-refractivity contribution in [1.82, 2.24) is 14.9 Å². The van der Waals surface area contributed by atoms with Crippen molar-refractivity contribution < 1.29 is 14.6 Å². The molecule has 35 heavy (non-hydrogen) atoms. The van der Waals surface area contributed by atoms with Crippen LogP contribution in [0.5, 0.6) is 5.75 Å². The molecule has 0 bridgehead atoms. The Morgan fingerprint density at radius 1 is 1.09 bits per heavy atom. The van der Waals surface area contributed by atoms with E-state index >= 15 is 0 Å². The summed E-state index contributed by atoms with van der Waals surface area (Å²) in [6.45, 7) is 9.33. The standard InChI is InChI=1S/C27H31ClN4O3/c1-18-5-4-6-22(11-18)23-14-29-27(30-15-23)31-16-19(2)32(20(3)17-31)9-10-35-25-12-21(13-26(33)34)7-8-24(25)28/h4-8,11-12,14-15,19-20H,9-10,13,16-17H2,1-3H3,(H,33,34)/t19-,20+. The van der Waals surface area contributed by atoms with Crippen LogP contribution < -0.4 is 9.64 Å². The van der Waals surface area contributed by atoms with Crippen LogP contribution in [0.2, 0.25) is 5.02 Å². The molecule has 0 radical (unpaired) electrons. The molecule has 1 fully saturated rings. The summed E-state index contributed by atoms with van der Waals surface area (Å²) in [7, 11) is 0. The quantitative estimate of drug-likeness (QED) is 0.485. The number of carbonyl (C=O) groups is 1. The van der Waals surface area contributed by atoms with E-state index in [0.717, 1.165) is 36.7 Å². The molecule has 0 saturated carbocycles. The summed E-state index contributed by atoms with van der Waals surface area (Å²) in [5, 5.41) is 9.50. The monoisotopic (exact) mass is 494 g/mol. The molecule has 1 N–H and O–H groups in total. The van der Waals surface area contributed by atoms with Crippen LogP contribution in [-0.4, -0.2) is 64.3 Å². The minimum Gasteiger partial charge on any atom is -0.491 e. The number of ether oxygens (including phenoxy) is 1. The Morgan fingerprint density at radius 2 is 1.80 bits per heavy atom. The first kappa shape index (κ1) is 24.9. The van der Waals surface area contributed by atoms with E-state index in [2.05, 4.69) is 58.7 Å². The maximum Gasteiger partial charge on any atom is 0.307 e. The number of hydrogen-bond acceptors (Lipinski definition) is 6. The lowest BCUT2D eigenvalue weighted by Gasteiger charge is -2.44. The van der Waals surface area contributed by atoms with Gasteiger partial charge in [0.05, 0.1) is 11.4 Å². The summed E-state index contributed by atoms with van der Waals surface area (Å²) < 4.78 is 5.93. The molecule has 1 aromatic heterocycles. The third-order valence-corrected chi connectivity index (χ3v) is 6.64. The van der Waals surface area contributed by atoms with Gasteiger partial charge in [-0.05, 0) is 44.0 Å². The van der Waals surface area contributed by atoms with Gasteiger partial charge in [-0.1, -0.05) is 47.5 Å². The highest BCUT2D eigenvalue weighted by molar-refractivity contribution is 6.32.